The van der Waals surface area contributed by atoms with Crippen molar-refractivity contribution in [1.82, 2.24) is 10.3 Å². The van der Waals surface area contributed by atoms with Crippen LogP contribution in [0.2, 0.25) is 0 Å². The molecule has 3 rings (SSSR count). The molecule has 4 N–H and O–H groups in total. The van der Waals surface area contributed by atoms with Crippen molar-refractivity contribution in [1.29, 1.82) is 0 Å². The number of rotatable bonds is 10. The van der Waals surface area contributed by atoms with Crippen LogP contribution in [-0.2, 0) is 20.8 Å². The molecule has 34 heavy (non-hydrogen) atoms. The smallest absolute Gasteiger partial charge is 0.333 e. The van der Waals surface area contributed by atoms with Gasteiger partial charge in [0.1, 0.15) is 18.2 Å². The Hall–Kier alpha value is -3.64. The second-order valence-electron chi connectivity index (χ2n) is 7.14. The molecule has 0 bridgehead atoms. The number of aliphatic hydroxyl groups excluding tert-OH is 1. The number of amides is 2. The van der Waals surface area contributed by atoms with Crippen molar-refractivity contribution in [3.63, 3.8) is 0 Å². The molecule has 0 saturated carbocycles. The zero-order valence-electron chi connectivity index (χ0n) is 18.3. The first-order chi connectivity index (χ1) is 16.2. The molecule has 12 heteroatoms. The number of hydrogen-bond acceptors (Lipinski definition) is 9. The number of carbonyl (C=O) groups excluding carboxylic acids is 2. The Kier molecular flexibility index (Phi) is 10.3. The van der Waals surface area contributed by atoms with Gasteiger partial charge in [-0.2, -0.15) is 0 Å². The zero-order valence-corrected chi connectivity index (χ0v) is 19.1. The number of hydrogen-bond donors (Lipinski definition) is 4. The van der Waals surface area contributed by atoms with Crippen LogP contribution in [-0.4, -0.2) is 74.9 Å². The minimum Gasteiger partial charge on any atom is -0.492 e. The molecule has 11 nitrogen and oxygen atoms in total. The van der Waals surface area contributed by atoms with Crippen molar-refractivity contribution in [2.45, 2.75) is 24.2 Å². The Morgan fingerprint density at radius 2 is 1.88 bits per heavy atom. The lowest BCUT2D eigenvalue weighted by Gasteiger charge is -2.18. The number of nitrogens with zero attached hydrogens (tertiary/aromatic N) is 2. The van der Waals surface area contributed by atoms with E-state index in [9.17, 15) is 19.2 Å². The molecular weight excluding hydrogens is 466 g/mol. The Labute approximate surface area is 199 Å². The van der Waals surface area contributed by atoms with Crippen molar-refractivity contribution in [3.05, 3.63) is 54.2 Å². The van der Waals surface area contributed by atoms with Crippen LogP contribution in [0.25, 0.3) is 0 Å². The summed E-state index contributed by atoms with van der Waals surface area (Å²) in [6, 6.07) is 13.4. The van der Waals surface area contributed by atoms with Crippen LogP contribution in [0, 0.1) is 0 Å². The summed E-state index contributed by atoms with van der Waals surface area (Å²) in [6.07, 6.45) is -0.246. The molecule has 0 radical (unpaired) electrons. The normalized spacial score (nSPS) is 15.5. The maximum Gasteiger partial charge on any atom is 0.333 e. The number of nitrogens with one attached hydrogen (secondary N) is 1. The Morgan fingerprint density at radius 3 is 2.38 bits per heavy atom. The number of ether oxygens (including phenoxy) is 1. The topological polar surface area (TPSA) is 166 Å². The second-order valence-corrected chi connectivity index (χ2v) is 8.32. The van der Waals surface area contributed by atoms with E-state index in [2.05, 4.69) is 10.3 Å². The molecule has 1 saturated heterocycles. The Morgan fingerprint density at radius 1 is 1.18 bits per heavy atom. The molecule has 1 unspecified atom stereocenters. The van der Waals surface area contributed by atoms with Crippen LogP contribution in [0.5, 0.6) is 5.75 Å². The number of benzene rings is 1. The average Bonchev–Trinajstić information content (AvgIpc) is 3.11. The number of pyridine rings is 1. The molecule has 1 aromatic carbocycles. The Bertz CT molecular complexity index is 987. The van der Waals surface area contributed by atoms with Gasteiger partial charge in [-0.3, -0.25) is 19.7 Å². The van der Waals surface area contributed by atoms with Crippen molar-refractivity contribution in [2.24, 2.45) is 0 Å². The van der Waals surface area contributed by atoms with Crippen molar-refractivity contribution < 1.29 is 39.2 Å². The predicted octanol–water partition coefficient (Wildman–Crippen LogP) is 1.40. The van der Waals surface area contributed by atoms with Crippen LogP contribution in [0.4, 0.5) is 10.6 Å². The maximum absolute atomic E-state index is 11.6. The minimum atomic E-state index is -1.79. The largest absolute Gasteiger partial charge is 0.492 e. The lowest BCUT2D eigenvalue weighted by molar-refractivity contribution is -0.152. The lowest BCUT2D eigenvalue weighted by atomic mass is 10.1. The number of thioether (sulfide) groups is 1. The number of aliphatic carboxylic acids is 2. The third kappa shape index (κ3) is 9.08. The summed E-state index contributed by atoms with van der Waals surface area (Å²) in [5.41, 5.74) is 1.00. The summed E-state index contributed by atoms with van der Waals surface area (Å²) in [4.78, 5) is 48.5. The summed E-state index contributed by atoms with van der Waals surface area (Å²) < 4.78 is 5.75. The highest BCUT2D eigenvalue weighted by molar-refractivity contribution is 8.15. The predicted molar refractivity (Wildman–Crippen MR) is 124 cm³/mol. The van der Waals surface area contributed by atoms with Gasteiger partial charge in [0.05, 0.1) is 18.2 Å². The van der Waals surface area contributed by atoms with Gasteiger partial charge in [0.2, 0.25) is 5.91 Å². The van der Waals surface area contributed by atoms with E-state index in [1.54, 1.807) is 6.20 Å². The van der Waals surface area contributed by atoms with Crippen LogP contribution < -0.4 is 15.0 Å². The summed E-state index contributed by atoms with van der Waals surface area (Å²) >= 11 is 1.05. The number of anilines is 1. The molecule has 1 aliphatic heterocycles. The number of aromatic nitrogens is 1. The number of likely N-dealkylation sites (N-methyl/N-ethyl adjacent to an activating group) is 1. The monoisotopic (exact) mass is 491 g/mol. The maximum atomic E-state index is 11.6. The molecule has 2 heterocycles. The number of carboxylic acids is 2. The van der Waals surface area contributed by atoms with E-state index in [0.29, 0.717) is 13.0 Å². The van der Waals surface area contributed by atoms with Crippen LogP contribution in [0.15, 0.2) is 48.7 Å². The molecule has 0 aliphatic carbocycles. The number of aliphatic hydroxyl groups is 1. The first-order valence-corrected chi connectivity index (χ1v) is 11.0. The van der Waals surface area contributed by atoms with Gasteiger partial charge in [-0.1, -0.05) is 30.0 Å². The van der Waals surface area contributed by atoms with Crippen molar-refractivity contribution in [2.75, 3.05) is 25.1 Å². The van der Waals surface area contributed by atoms with Gasteiger partial charge < -0.3 is 25.0 Å². The van der Waals surface area contributed by atoms with E-state index in [0.717, 1.165) is 35.4 Å². The van der Waals surface area contributed by atoms with Gasteiger partial charge in [-0.15, -0.1) is 0 Å². The molecule has 0 spiro atoms. The van der Waals surface area contributed by atoms with Gasteiger partial charge >= 0.3 is 11.9 Å². The molecule has 1 fully saturated rings. The third-order valence-corrected chi connectivity index (χ3v) is 5.48. The number of imide groups is 1. The fourth-order valence-corrected chi connectivity index (χ4v) is 3.57. The fourth-order valence-electron chi connectivity index (χ4n) is 2.71. The fraction of sp³-hybridized carbons (Fsp3) is 0.318. The number of carboxylic acid groups (broad SMARTS) is 2. The van der Waals surface area contributed by atoms with E-state index < -0.39 is 24.5 Å². The molecule has 1 aromatic heterocycles. The molecule has 1 aliphatic rings. The highest BCUT2D eigenvalue weighted by Crippen LogP contribution is 2.23. The standard InChI is InChI=1S/C18H19N3O3S.C4H6O5/c1-21(16-4-2-3-9-19-16)10-11-24-14-7-5-13(6-8-14)12-15-17(22)20-18(23)25-15;5-2(4(8)9)1-3(6)7/h2-9,15H,10-12H2,1H3,(H,20,22,23);2,5H,1H2,(H,6,7)(H,8,9)/t;2-/m.0/s1. The van der Waals surface area contributed by atoms with Crippen LogP contribution >= 0.6 is 11.8 Å². The Balaban J connectivity index is 0.000000387. The van der Waals surface area contributed by atoms with Crippen LogP contribution in [0.1, 0.15) is 12.0 Å². The van der Waals surface area contributed by atoms with E-state index in [1.165, 1.54) is 0 Å². The van der Waals surface area contributed by atoms with Gasteiger partial charge in [-0.05, 0) is 36.2 Å². The molecular formula is C22H25N3O8S. The number of carbonyl (C=O) groups is 4. The van der Waals surface area contributed by atoms with Gasteiger partial charge in [0.25, 0.3) is 5.24 Å². The molecule has 2 aromatic rings. The molecule has 182 valence electrons. The van der Waals surface area contributed by atoms with E-state index in [4.69, 9.17) is 20.1 Å². The summed E-state index contributed by atoms with van der Waals surface area (Å²) in [7, 11) is 1.97. The third-order valence-electron chi connectivity index (χ3n) is 4.50. The average molecular weight is 492 g/mol. The zero-order chi connectivity index (χ0) is 25.1. The van der Waals surface area contributed by atoms with E-state index in [1.807, 2.05) is 54.4 Å². The van der Waals surface area contributed by atoms with E-state index in [-0.39, 0.29) is 16.4 Å². The highest BCUT2D eigenvalue weighted by atomic mass is 32.2. The SMILES string of the molecule is CN(CCOc1ccc(CC2SC(=O)NC2=O)cc1)c1ccccn1.O=C(O)C[C@H](O)C(=O)O. The van der Waals surface area contributed by atoms with Crippen LogP contribution in [0.3, 0.4) is 0 Å². The second kappa shape index (κ2) is 13.2. The quantitative estimate of drug-likeness (QED) is 0.379. The summed E-state index contributed by atoms with van der Waals surface area (Å²) in [5.74, 6) is -1.38. The summed E-state index contributed by atoms with van der Waals surface area (Å²) in [5, 5.41) is 25.8. The van der Waals surface area contributed by atoms with E-state index >= 15 is 0 Å². The van der Waals surface area contributed by atoms with Gasteiger partial charge in [0.15, 0.2) is 6.10 Å². The van der Waals surface area contributed by atoms with Crippen molar-refractivity contribution >= 4 is 40.7 Å². The first kappa shape index (κ1) is 26.6. The molecule has 2 amide bonds. The van der Waals surface area contributed by atoms with Gasteiger partial charge in [-0.25, -0.2) is 9.78 Å². The highest BCUT2D eigenvalue weighted by Gasteiger charge is 2.31. The minimum absolute atomic E-state index is 0.215. The van der Waals surface area contributed by atoms with Crippen molar-refractivity contribution in [3.8, 4) is 5.75 Å². The first-order valence-electron chi connectivity index (χ1n) is 10.1. The van der Waals surface area contributed by atoms with Gasteiger partial charge in [0, 0.05) is 13.2 Å². The summed E-state index contributed by atoms with van der Waals surface area (Å²) in [6.45, 7) is 1.27. The molecule has 2 atom stereocenters. The lowest BCUT2D eigenvalue weighted by Crippen LogP contribution is -2.25.